The van der Waals surface area contributed by atoms with E-state index in [2.05, 4.69) is 13.8 Å². The van der Waals surface area contributed by atoms with E-state index in [-0.39, 0.29) is 0 Å². The van der Waals surface area contributed by atoms with E-state index in [0.29, 0.717) is 10.9 Å². The molecule has 0 radical (unpaired) electrons. The highest BCUT2D eigenvalue weighted by molar-refractivity contribution is 6.48. The fourth-order valence-corrected chi connectivity index (χ4v) is 2.16. The first-order chi connectivity index (χ1) is 6.93. The monoisotopic (exact) mass is 284 g/mol. The van der Waals surface area contributed by atoms with Crippen molar-refractivity contribution in [3.8, 4) is 0 Å². The average molecular weight is 286 g/mol. The molecule has 0 heterocycles. The minimum atomic E-state index is -0.632. The Bertz CT molecular complexity index is 333. The van der Waals surface area contributed by atoms with E-state index >= 15 is 0 Å². The predicted molar refractivity (Wildman–Crippen MR) is 69.6 cm³/mol. The first kappa shape index (κ1) is 13.4. The normalized spacial score (nSPS) is 13.6. The van der Waals surface area contributed by atoms with Crippen LogP contribution in [0.15, 0.2) is 18.2 Å². The summed E-state index contributed by atoms with van der Waals surface area (Å²) in [7, 11) is 0. The molecule has 0 amide bonds. The van der Waals surface area contributed by atoms with Crippen LogP contribution < -0.4 is 0 Å². The fraction of sp³-hybridized carbons (Fsp3) is 0.455. The Kier molecular flexibility index (Phi) is 5.05. The zero-order valence-corrected chi connectivity index (χ0v) is 11.5. The van der Waals surface area contributed by atoms with Crippen LogP contribution in [-0.2, 0) is 0 Å². The van der Waals surface area contributed by atoms with Gasteiger partial charge in [-0.1, -0.05) is 37.6 Å². The van der Waals surface area contributed by atoms with Gasteiger partial charge in [0, 0.05) is 5.02 Å². The zero-order chi connectivity index (χ0) is 11.6. The van der Waals surface area contributed by atoms with Gasteiger partial charge in [0.05, 0.1) is 5.38 Å². The predicted octanol–water partition coefficient (Wildman–Crippen LogP) is 5.55. The van der Waals surface area contributed by atoms with E-state index < -0.39 is 10.2 Å². The summed E-state index contributed by atoms with van der Waals surface area (Å²) < 4.78 is 0. The summed E-state index contributed by atoms with van der Waals surface area (Å²) in [6.45, 7) is 4.18. The van der Waals surface area contributed by atoms with Crippen LogP contribution >= 0.6 is 46.4 Å². The second-order valence-corrected chi connectivity index (χ2v) is 5.71. The Morgan fingerprint density at radius 1 is 1.07 bits per heavy atom. The minimum Gasteiger partial charge on any atom is -0.115 e. The molecule has 1 unspecified atom stereocenters. The summed E-state index contributed by atoms with van der Waals surface area (Å²) in [5.74, 6) is 0.392. The highest BCUT2D eigenvalue weighted by Gasteiger charge is 2.17. The molecule has 0 spiro atoms. The highest BCUT2D eigenvalue weighted by Crippen LogP contribution is 2.34. The van der Waals surface area contributed by atoms with Crippen LogP contribution in [0.2, 0.25) is 5.02 Å². The summed E-state index contributed by atoms with van der Waals surface area (Å²) in [4.78, 5) is -0.632. The Morgan fingerprint density at radius 2 is 1.67 bits per heavy atom. The number of hydrogen-bond acceptors (Lipinski definition) is 0. The van der Waals surface area contributed by atoms with Crippen LogP contribution in [0.4, 0.5) is 0 Å². The van der Waals surface area contributed by atoms with Gasteiger partial charge < -0.3 is 0 Å². The molecule has 1 rings (SSSR count). The molecule has 0 aliphatic rings. The lowest BCUT2D eigenvalue weighted by Gasteiger charge is -2.14. The zero-order valence-electron chi connectivity index (χ0n) is 8.48. The summed E-state index contributed by atoms with van der Waals surface area (Å²) in [6.07, 6.45) is 0. The van der Waals surface area contributed by atoms with Gasteiger partial charge >= 0.3 is 0 Å². The van der Waals surface area contributed by atoms with E-state index in [1.807, 2.05) is 18.2 Å². The van der Waals surface area contributed by atoms with Crippen LogP contribution in [0.3, 0.4) is 0 Å². The van der Waals surface area contributed by atoms with Gasteiger partial charge in [0.1, 0.15) is 4.84 Å². The van der Waals surface area contributed by atoms with Gasteiger partial charge in [-0.2, -0.15) is 0 Å². The van der Waals surface area contributed by atoms with Crippen molar-refractivity contribution in [2.24, 2.45) is 0 Å². The molecule has 0 aliphatic heterocycles. The van der Waals surface area contributed by atoms with Crippen molar-refractivity contribution < 1.29 is 0 Å². The maximum Gasteiger partial charge on any atom is 0.128 e. The van der Waals surface area contributed by atoms with Crippen molar-refractivity contribution in [1.82, 2.24) is 0 Å². The molecule has 0 nitrogen and oxygen atoms in total. The molecule has 4 heteroatoms. The molecule has 15 heavy (non-hydrogen) atoms. The first-order valence-electron chi connectivity index (χ1n) is 4.65. The molecule has 1 aromatic carbocycles. The van der Waals surface area contributed by atoms with Gasteiger partial charge in [0.2, 0.25) is 0 Å². The van der Waals surface area contributed by atoms with Gasteiger partial charge in [-0.05, 0) is 23.1 Å². The standard InChI is InChI=1S/C11H12Cl4/c1-6(2)8-4-3-7(5-9(8)12)10(13)11(14)15/h3-6,10-11H,1-2H3. The van der Waals surface area contributed by atoms with Crippen molar-refractivity contribution in [2.75, 3.05) is 0 Å². The molecule has 1 atom stereocenters. The van der Waals surface area contributed by atoms with Gasteiger partial charge in [-0.3, -0.25) is 0 Å². The smallest absolute Gasteiger partial charge is 0.115 e. The molecule has 0 aliphatic carbocycles. The molecule has 0 saturated heterocycles. The topological polar surface area (TPSA) is 0 Å². The van der Waals surface area contributed by atoms with Crippen LogP contribution in [-0.4, -0.2) is 4.84 Å². The molecule has 0 saturated carbocycles. The van der Waals surface area contributed by atoms with Crippen molar-refractivity contribution >= 4 is 46.4 Å². The number of hydrogen-bond donors (Lipinski definition) is 0. The van der Waals surface area contributed by atoms with Crippen molar-refractivity contribution in [3.63, 3.8) is 0 Å². The first-order valence-corrected chi connectivity index (χ1v) is 6.33. The van der Waals surface area contributed by atoms with E-state index in [4.69, 9.17) is 46.4 Å². The van der Waals surface area contributed by atoms with E-state index in [0.717, 1.165) is 11.1 Å². The fourth-order valence-electron chi connectivity index (χ4n) is 1.33. The van der Waals surface area contributed by atoms with Crippen LogP contribution in [0.25, 0.3) is 0 Å². The van der Waals surface area contributed by atoms with Crippen molar-refractivity contribution in [1.29, 1.82) is 0 Å². The molecule has 0 bridgehead atoms. The molecule has 0 aromatic heterocycles. The van der Waals surface area contributed by atoms with Crippen LogP contribution in [0.5, 0.6) is 0 Å². The second-order valence-electron chi connectivity index (χ2n) is 3.67. The van der Waals surface area contributed by atoms with Crippen LogP contribution in [0.1, 0.15) is 36.3 Å². The summed E-state index contributed by atoms with van der Waals surface area (Å²) >= 11 is 23.6. The lowest BCUT2D eigenvalue weighted by atomic mass is 10.0. The Hall–Kier alpha value is 0.380. The highest BCUT2D eigenvalue weighted by atomic mass is 35.5. The SMILES string of the molecule is CC(C)c1ccc(C(Cl)C(Cl)Cl)cc1Cl. The van der Waals surface area contributed by atoms with E-state index in [1.165, 1.54) is 0 Å². The third-order valence-electron chi connectivity index (χ3n) is 2.19. The minimum absolute atomic E-state index is 0.392. The lowest BCUT2D eigenvalue weighted by molar-refractivity contribution is 0.864. The van der Waals surface area contributed by atoms with Crippen molar-refractivity contribution in [2.45, 2.75) is 30.0 Å². The third-order valence-corrected chi connectivity index (χ3v) is 3.78. The molecule has 1 aromatic rings. The van der Waals surface area contributed by atoms with Gasteiger partial charge in [0.25, 0.3) is 0 Å². The maximum absolute atomic E-state index is 6.13. The summed E-state index contributed by atoms with van der Waals surface area (Å²) in [5.41, 5.74) is 1.95. The van der Waals surface area contributed by atoms with E-state index in [9.17, 15) is 0 Å². The van der Waals surface area contributed by atoms with E-state index in [1.54, 1.807) is 0 Å². The molecular weight excluding hydrogens is 274 g/mol. The Balaban J connectivity index is 3.01. The maximum atomic E-state index is 6.13. The second kappa shape index (κ2) is 5.63. The molecule has 84 valence electrons. The Labute approximate surface area is 110 Å². The summed E-state index contributed by atoms with van der Waals surface area (Å²) in [6, 6.07) is 5.71. The number of halogens is 4. The largest absolute Gasteiger partial charge is 0.128 e. The average Bonchev–Trinajstić information content (AvgIpc) is 2.15. The molecule has 0 N–H and O–H groups in total. The van der Waals surface area contributed by atoms with Crippen molar-refractivity contribution in [3.05, 3.63) is 34.3 Å². The van der Waals surface area contributed by atoms with Gasteiger partial charge in [0.15, 0.2) is 0 Å². The third kappa shape index (κ3) is 3.42. The quantitative estimate of drug-likeness (QED) is 0.639. The summed E-state index contributed by atoms with van der Waals surface area (Å²) in [5, 5.41) is 0.286. The van der Waals surface area contributed by atoms with Crippen LogP contribution in [0, 0.1) is 0 Å². The number of benzene rings is 1. The number of alkyl halides is 3. The van der Waals surface area contributed by atoms with Gasteiger partial charge in [-0.25, -0.2) is 0 Å². The molecular formula is C11H12Cl4. The lowest BCUT2D eigenvalue weighted by Crippen LogP contribution is -2.00. The van der Waals surface area contributed by atoms with Gasteiger partial charge in [-0.15, -0.1) is 34.8 Å². The number of rotatable bonds is 3. The molecule has 0 fully saturated rings. The Morgan fingerprint density at radius 3 is 2.07 bits per heavy atom.